The van der Waals surface area contributed by atoms with Crippen molar-refractivity contribution >= 4 is 39.5 Å². The summed E-state index contributed by atoms with van der Waals surface area (Å²) < 4.78 is 68.6. The highest BCUT2D eigenvalue weighted by Gasteiger charge is 2.30. The van der Waals surface area contributed by atoms with Crippen LogP contribution in [0.15, 0.2) is 24.3 Å². The predicted molar refractivity (Wildman–Crippen MR) is 404 cm³/mol. The molecule has 0 amide bonds. The van der Waals surface area contributed by atoms with Crippen LogP contribution in [0.3, 0.4) is 0 Å². The second-order valence-corrected chi connectivity index (χ2v) is 31.7. The van der Waals surface area contributed by atoms with Crippen molar-refractivity contribution in [1.82, 2.24) is 0 Å². The summed E-state index contributed by atoms with van der Waals surface area (Å²) in [6.45, 7) is 9.56. The molecule has 0 bridgehead atoms. The molecule has 0 spiro atoms. The lowest BCUT2D eigenvalue weighted by Crippen LogP contribution is -2.30. The highest BCUT2D eigenvalue weighted by atomic mass is 31.2. The summed E-state index contributed by atoms with van der Waals surface area (Å²) in [7, 11) is -9.93. The Morgan fingerprint density at radius 3 is 0.909 bits per heavy atom. The lowest BCUT2D eigenvalue weighted by Gasteiger charge is -2.21. The van der Waals surface area contributed by atoms with Crippen LogP contribution in [0.2, 0.25) is 0 Å². The smallest absolute Gasteiger partial charge is 0.462 e. The van der Waals surface area contributed by atoms with Gasteiger partial charge in [0.1, 0.15) is 19.3 Å². The maximum absolute atomic E-state index is 13.1. The van der Waals surface area contributed by atoms with Crippen molar-refractivity contribution < 1.29 is 80.2 Å². The zero-order valence-electron chi connectivity index (χ0n) is 64.3. The summed E-state index contributed by atoms with van der Waals surface area (Å²) in [6.07, 6.45) is 63.3. The fraction of sp³-hybridized carbons (Fsp3) is 0.900. The van der Waals surface area contributed by atoms with Crippen molar-refractivity contribution in [2.45, 2.75) is 413 Å². The largest absolute Gasteiger partial charge is 0.472 e. The number of rotatable bonds is 77. The molecule has 0 aliphatic heterocycles. The molecule has 0 aliphatic carbocycles. The Hall–Kier alpha value is -2.46. The van der Waals surface area contributed by atoms with Crippen LogP contribution < -0.4 is 0 Å². The van der Waals surface area contributed by atoms with Crippen molar-refractivity contribution in [3.8, 4) is 0 Å². The van der Waals surface area contributed by atoms with E-state index < -0.39 is 97.5 Å². The average molecular weight is 1450 g/mol. The molecule has 0 heterocycles. The molecule has 0 aliphatic rings. The van der Waals surface area contributed by atoms with Crippen LogP contribution in [-0.2, 0) is 65.4 Å². The molecular weight excluding hydrogens is 1290 g/mol. The molecule has 0 radical (unpaired) electrons. The molecule has 3 N–H and O–H groups in total. The molecule has 0 saturated heterocycles. The number of aliphatic hydroxyl groups is 1. The standard InChI is InChI=1S/C80H152O17P2/c1-7-10-12-14-16-18-20-22-27-31-35-38-44-50-56-62-77(82)90-68-75(96-80(85)65-59-53-46-40-36-32-29-26-24-23-25-28-30-33-37-43-49-55-61-73(6)9-3)70-94-98(86,87)92-66-74(81)67-93-99(88,89)95-71-76(69-91-78(83)63-57-51-47-41-42-48-54-60-72(4)5)97-79(84)64-58-52-45-39-34-21-19-17-15-13-11-8-2/h18,20,22,27,72-76,81H,7-17,19,21,23-26,28-71H2,1-6H3,(H,86,87)(H,88,89)/b20-18-,27-22-/t73?,74-,75-,76-/m1/s1. The lowest BCUT2D eigenvalue weighted by molar-refractivity contribution is -0.161. The van der Waals surface area contributed by atoms with Gasteiger partial charge in [-0.2, -0.15) is 0 Å². The Bertz CT molecular complexity index is 2000. The SMILES string of the molecule is CCCCCC/C=C\C=C/CCCCCCCC(=O)OC[C@H](COP(=O)(O)OC[C@@H](O)COP(=O)(O)OC[C@@H](COC(=O)CCCCCCCCCC(C)C)OC(=O)CCCCCCCCCCCCCC)OC(=O)CCCCCCCCCCCCCCCCCCCCC(C)CC. The first-order valence-corrected chi connectivity index (χ1v) is 43.8. The van der Waals surface area contributed by atoms with E-state index in [1.165, 1.54) is 186 Å². The van der Waals surface area contributed by atoms with Crippen LogP contribution in [-0.4, -0.2) is 96.7 Å². The molecule has 0 rings (SSSR count). The average Bonchev–Trinajstić information content (AvgIpc) is 0.957. The number of hydrogen-bond donors (Lipinski definition) is 3. The highest BCUT2D eigenvalue weighted by molar-refractivity contribution is 7.47. The van der Waals surface area contributed by atoms with E-state index in [0.29, 0.717) is 31.6 Å². The summed E-state index contributed by atoms with van der Waals surface area (Å²) in [5, 5.41) is 10.6. The van der Waals surface area contributed by atoms with E-state index in [-0.39, 0.29) is 25.7 Å². The van der Waals surface area contributed by atoms with Gasteiger partial charge in [0.2, 0.25) is 0 Å². The van der Waals surface area contributed by atoms with E-state index in [2.05, 4.69) is 65.8 Å². The number of carbonyl (C=O) groups excluding carboxylic acids is 4. The number of allylic oxidation sites excluding steroid dienone is 4. The van der Waals surface area contributed by atoms with E-state index in [1.54, 1.807) is 0 Å². The highest BCUT2D eigenvalue weighted by Crippen LogP contribution is 2.45. The van der Waals surface area contributed by atoms with Crippen molar-refractivity contribution in [3.63, 3.8) is 0 Å². The van der Waals surface area contributed by atoms with Gasteiger partial charge in [-0.05, 0) is 63.2 Å². The Kier molecular flexibility index (Phi) is 69.4. The topological polar surface area (TPSA) is 237 Å². The maximum Gasteiger partial charge on any atom is 0.472 e. The van der Waals surface area contributed by atoms with Gasteiger partial charge in [0, 0.05) is 25.7 Å². The van der Waals surface area contributed by atoms with Crippen LogP contribution in [0.25, 0.3) is 0 Å². The summed E-state index contributed by atoms with van der Waals surface area (Å²) in [5.74, 6) is -0.569. The fourth-order valence-corrected chi connectivity index (χ4v) is 13.4. The van der Waals surface area contributed by atoms with Gasteiger partial charge < -0.3 is 33.8 Å². The van der Waals surface area contributed by atoms with Gasteiger partial charge in [-0.25, -0.2) is 9.13 Å². The second kappa shape index (κ2) is 71.2. The minimum absolute atomic E-state index is 0.101. The number of unbranched alkanes of at least 4 members (excludes halogenated alkanes) is 43. The number of ether oxygens (including phenoxy) is 4. The maximum atomic E-state index is 13.1. The fourth-order valence-electron chi connectivity index (χ4n) is 11.8. The molecule has 0 aromatic rings. The zero-order valence-corrected chi connectivity index (χ0v) is 66.1. The third-order valence-corrected chi connectivity index (χ3v) is 20.3. The van der Waals surface area contributed by atoms with Gasteiger partial charge in [-0.1, -0.05) is 342 Å². The molecule has 0 aromatic heterocycles. The third-order valence-electron chi connectivity index (χ3n) is 18.4. The Labute approximate surface area is 605 Å². The number of phosphoric acid groups is 2. The second-order valence-electron chi connectivity index (χ2n) is 28.8. The lowest BCUT2D eigenvalue weighted by atomic mass is 9.99. The molecule has 584 valence electrons. The van der Waals surface area contributed by atoms with Crippen molar-refractivity contribution in [3.05, 3.63) is 24.3 Å². The molecule has 6 atom stereocenters. The Balaban J connectivity index is 5.24. The predicted octanol–water partition coefficient (Wildman–Crippen LogP) is 23.4. The first-order chi connectivity index (χ1) is 47.9. The number of phosphoric ester groups is 2. The summed E-state index contributed by atoms with van der Waals surface area (Å²) in [4.78, 5) is 72.9. The molecule has 0 aromatic carbocycles. The van der Waals surface area contributed by atoms with E-state index >= 15 is 0 Å². The van der Waals surface area contributed by atoms with Gasteiger partial charge >= 0.3 is 39.5 Å². The quantitative estimate of drug-likeness (QED) is 0.0169. The third kappa shape index (κ3) is 72.3. The summed E-state index contributed by atoms with van der Waals surface area (Å²) in [5.41, 5.74) is 0. The summed E-state index contributed by atoms with van der Waals surface area (Å²) >= 11 is 0. The van der Waals surface area contributed by atoms with Crippen molar-refractivity contribution in [2.24, 2.45) is 11.8 Å². The van der Waals surface area contributed by atoms with E-state index in [0.717, 1.165) is 121 Å². The number of hydrogen-bond acceptors (Lipinski definition) is 15. The van der Waals surface area contributed by atoms with E-state index in [9.17, 15) is 43.2 Å². The van der Waals surface area contributed by atoms with Gasteiger partial charge in [-0.15, -0.1) is 0 Å². The van der Waals surface area contributed by atoms with Gasteiger partial charge in [0.25, 0.3) is 0 Å². The molecule has 17 nitrogen and oxygen atoms in total. The zero-order chi connectivity index (χ0) is 72.8. The normalized spacial score (nSPS) is 14.4. The molecule has 0 fully saturated rings. The van der Waals surface area contributed by atoms with E-state index in [4.69, 9.17) is 37.0 Å². The Morgan fingerprint density at radius 1 is 0.333 bits per heavy atom. The minimum atomic E-state index is -4.97. The van der Waals surface area contributed by atoms with Crippen molar-refractivity contribution in [2.75, 3.05) is 39.6 Å². The van der Waals surface area contributed by atoms with Crippen LogP contribution in [0.4, 0.5) is 0 Å². The molecule has 19 heteroatoms. The first kappa shape index (κ1) is 96.5. The molecule has 3 unspecified atom stereocenters. The summed E-state index contributed by atoms with van der Waals surface area (Å²) in [6, 6.07) is 0. The molecular formula is C80H152O17P2. The van der Waals surface area contributed by atoms with Crippen LogP contribution in [0, 0.1) is 11.8 Å². The first-order valence-electron chi connectivity index (χ1n) is 40.8. The number of aliphatic hydroxyl groups excluding tert-OH is 1. The van der Waals surface area contributed by atoms with Crippen molar-refractivity contribution in [1.29, 1.82) is 0 Å². The number of carbonyl (C=O) groups is 4. The van der Waals surface area contributed by atoms with Gasteiger partial charge in [-0.3, -0.25) is 37.3 Å². The molecule has 0 saturated carbocycles. The van der Waals surface area contributed by atoms with E-state index in [1.807, 2.05) is 0 Å². The number of esters is 4. The van der Waals surface area contributed by atoms with Crippen LogP contribution in [0.1, 0.15) is 395 Å². The van der Waals surface area contributed by atoms with Gasteiger partial charge in [0.05, 0.1) is 26.4 Å². The minimum Gasteiger partial charge on any atom is -0.462 e. The van der Waals surface area contributed by atoms with Gasteiger partial charge in [0.15, 0.2) is 12.2 Å². The monoisotopic (exact) mass is 1450 g/mol. The van der Waals surface area contributed by atoms with Crippen LogP contribution in [0.5, 0.6) is 0 Å². The van der Waals surface area contributed by atoms with Crippen LogP contribution >= 0.6 is 15.6 Å². The molecule has 99 heavy (non-hydrogen) atoms. The Morgan fingerprint density at radius 2 is 0.596 bits per heavy atom.